The van der Waals surface area contributed by atoms with Crippen LogP contribution in [0.3, 0.4) is 0 Å². The Kier molecular flexibility index (Phi) is 4.66. The maximum Gasteiger partial charge on any atom is 0.315 e. The molecule has 0 radical (unpaired) electrons. The molecule has 0 spiro atoms. The van der Waals surface area contributed by atoms with Crippen LogP contribution in [-0.4, -0.2) is 42.0 Å². The van der Waals surface area contributed by atoms with E-state index in [0.29, 0.717) is 12.5 Å². The molecule has 0 bridgehead atoms. The van der Waals surface area contributed by atoms with E-state index in [1.807, 2.05) is 18.7 Å². The molecule has 1 aliphatic carbocycles. The van der Waals surface area contributed by atoms with Gasteiger partial charge in [0.05, 0.1) is 0 Å². The molecule has 5 heteroatoms. The Bertz CT molecular complexity index is 338. The van der Waals surface area contributed by atoms with Crippen molar-refractivity contribution < 1.29 is 9.59 Å². The molecule has 1 atom stereocenters. The van der Waals surface area contributed by atoms with E-state index < -0.39 is 0 Å². The molecule has 0 unspecified atom stereocenters. The molecule has 2 aliphatic rings. The Hall–Kier alpha value is -1.26. The third-order valence-corrected chi connectivity index (χ3v) is 3.96. The fraction of sp³-hybridized carbons (Fsp3) is 0.857. The van der Waals surface area contributed by atoms with Gasteiger partial charge < -0.3 is 15.5 Å². The molecule has 0 aromatic rings. The van der Waals surface area contributed by atoms with Gasteiger partial charge in [-0.25, -0.2) is 4.79 Å². The summed E-state index contributed by atoms with van der Waals surface area (Å²) in [6, 6.07) is 0.108. The predicted molar refractivity (Wildman–Crippen MR) is 73.7 cm³/mol. The maximum absolute atomic E-state index is 12.3. The second-order valence-electron chi connectivity index (χ2n) is 6.02. The Morgan fingerprint density at radius 3 is 2.47 bits per heavy atom. The van der Waals surface area contributed by atoms with Crippen LogP contribution in [0, 0.1) is 5.92 Å². The fourth-order valence-corrected chi connectivity index (χ4v) is 3.00. The quantitative estimate of drug-likeness (QED) is 0.813. The molecule has 2 fully saturated rings. The lowest BCUT2D eigenvalue weighted by atomic mass is 10.1. The van der Waals surface area contributed by atoms with E-state index in [1.54, 1.807) is 0 Å². The largest absolute Gasteiger partial charge is 0.340 e. The van der Waals surface area contributed by atoms with Crippen LogP contribution < -0.4 is 10.6 Å². The van der Waals surface area contributed by atoms with Crippen molar-refractivity contribution >= 4 is 11.9 Å². The number of nitrogens with one attached hydrogen (secondary N) is 2. The van der Waals surface area contributed by atoms with Crippen LogP contribution in [0.5, 0.6) is 0 Å². The van der Waals surface area contributed by atoms with Crippen molar-refractivity contribution in [1.29, 1.82) is 0 Å². The van der Waals surface area contributed by atoms with Crippen molar-refractivity contribution in [3.8, 4) is 0 Å². The number of carbonyl (C=O) groups excluding carboxylic acids is 2. The first-order valence-electron chi connectivity index (χ1n) is 7.42. The van der Waals surface area contributed by atoms with Gasteiger partial charge in [-0.3, -0.25) is 4.79 Å². The molecular formula is C14H25N3O2. The average Bonchev–Trinajstić information content (AvgIpc) is 2.96. The zero-order valence-electron chi connectivity index (χ0n) is 11.9. The second-order valence-corrected chi connectivity index (χ2v) is 6.02. The third-order valence-electron chi connectivity index (χ3n) is 3.96. The molecule has 2 rings (SSSR count). The normalized spacial score (nSPS) is 23.9. The predicted octanol–water partition coefficient (Wildman–Crippen LogP) is 1.49. The van der Waals surface area contributed by atoms with Gasteiger partial charge in [0.2, 0.25) is 5.91 Å². The lowest BCUT2D eigenvalue weighted by Crippen LogP contribution is -2.46. The summed E-state index contributed by atoms with van der Waals surface area (Å²) < 4.78 is 0. The highest BCUT2D eigenvalue weighted by Gasteiger charge is 2.32. The number of carbonyl (C=O) groups is 2. The highest BCUT2D eigenvalue weighted by molar-refractivity contribution is 5.80. The molecule has 0 aromatic carbocycles. The van der Waals surface area contributed by atoms with E-state index in [4.69, 9.17) is 0 Å². The highest BCUT2D eigenvalue weighted by Crippen LogP contribution is 2.27. The van der Waals surface area contributed by atoms with Crippen molar-refractivity contribution in [2.75, 3.05) is 13.1 Å². The van der Waals surface area contributed by atoms with Crippen LogP contribution in [0.15, 0.2) is 0 Å². The zero-order chi connectivity index (χ0) is 13.8. The summed E-state index contributed by atoms with van der Waals surface area (Å²) in [6.45, 7) is 5.32. The van der Waals surface area contributed by atoms with E-state index >= 15 is 0 Å². The van der Waals surface area contributed by atoms with Crippen LogP contribution in [0.1, 0.15) is 46.0 Å². The monoisotopic (exact) mass is 267 g/mol. The minimum absolute atomic E-state index is 0.101. The molecule has 1 aliphatic heterocycles. The Morgan fingerprint density at radius 1 is 1.16 bits per heavy atom. The number of hydrogen-bond donors (Lipinski definition) is 2. The van der Waals surface area contributed by atoms with Gasteiger partial charge in [-0.05, 0) is 33.1 Å². The summed E-state index contributed by atoms with van der Waals surface area (Å²) in [7, 11) is 0. The number of nitrogens with zero attached hydrogens (tertiary/aromatic N) is 1. The van der Waals surface area contributed by atoms with Crippen molar-refractivity contribution in [3.05, 3.63) is 0 Å². The summed E-state index contributed by atoms with van der Waals surface area (Å²) in [5.41, 5.74) is 0. The van der Waals surface area contributed by atoms with Gasteiger partial charge in [0, 0.05) is 31.1 Å². The van der Waals surface area contributed by atoms with Crippen LogP contribution in [-0.2, 0) is 4.79 Å². The van der Waals surface area contributed by atoms with Crippen LogP contribution >= 0.6 is 0 Å². The number of rotatable bonds is 3. The lowest BCUT2D eigenvalue weighted by molar-refractivity contribution is -0.134. The summed E-state index contributed by atoms with van der Waals surface area (Å²) in [5.74, 6) is 0.536. The molecule has 3 amide bonds. The van der Waals surface area contributed by atoms with E-state index in [1.165, 1.54) is 12.8 Å². The van der Waals surface area contributed by atoms with Gasteiger partial charge in [-0.15, -0.1) is 0 Å². The van der Waals surface area contributed by atoms with Gasteiger partial charge in [0.1, 0.15) is 0 Å². The first-order chi connectivity index (χ1) is 9.06. The third kappa shape index (κ3) is 3.85. The van der Waals surface area contributed by atoms with Crippen LogP contribution in [0.25, 0.3) is 0 Å². The van der Waals surface area contributed by atoms with Gasteiger partial charge in [-0.2, -0.15) is 0 Å². The van der Waals surface area contributed by atoms with Gasteiger partial charge in [0.15, 0.2) is 0 Å². The van der Waals surface area contributed by atoms with E-state index in [0.717, 1.165) is 25.8 Å². The zero-order valence-corrected chi connectivity index (χ0v) is 11.9. The first kappa shape index (κ1) is 14.2. The van der Waals surface area contributed by atoms with E-state index in [9.17, 15) is 9.59 Å². The van der Waals surface area contributed by atoms with Crippen molar-refractivity contribution in [2.45, 2.75) is 58.0 Å². The van der Waals surface area contributed by atoms with Gasteiger partial charge >= 0.3 is 6.03 Å². The Morgan fingerprint density at radius 2 is 1.84 bits per heavy atom. The number of urea groups is 1. The molecule has 108 valence electrons. The second kappa shape index (κ2) is 6.26. The number of likely N-dealkylation sites (tertiary alicyclic amines) is 1. The van der Waals surface area contributed by atoms with Gasteiger partial charge in [0.25, 0.3) is 0 Å². The average molecular weight is 267 g/mol. The smallest absolute Gasteiger partial charge is 0.315 e. The molecule has 5 nitrogen and oxygen atoms in total. The fourth-order valence-electron chi connectivity index (χ4n) is 3.00. The molecule has 0 aromatic heterocycles. The standard InChI is InChI=1S/C14H25N3O2/c1-10(2)15-14(19)16-12-7-8-17(9-12)13(18)11-5-3-4-6-11/h10-12H,3-9H2,1-2H3,(H2,15,16,19)/t12-/m0/s1. The summed E-state index contributed by atoms with van der Waals surface area (Å²) in [6.07, 6.45) is 5.32. The van der Waals surface area contributed by atoms with E-state index in [-0.39, 0.29) is 24.0 Å². The Labute approximate surface area is 115 Å². The summed E-state index contributed by atoms with van der Waals surface area (Å²) in [5, 5.41) is 5.76. The molecule has 2 N–H and O–H groups in total. The topological polar surface area (TPSA) is 61.4 Å². The first-order valence-corrected chi connectivity index (χ1v) is 7.42. The van der Waals surface area contributed by atoms with Crippen molar-refractivity contribution in [2.24, 2.45) is 5.92 Å². The summed E-state index contributed by atoms with van der Waals surface area (Å²) >= 11 is 0. The molecular weight excluding hydrogens is 242 g/mol. The van der Waals surface area contributed by atoms with Crippen LogP contribution in [0.4, 0.5) is 4.79 Å². The lowest BCUT2D eigenvalue weighted by Gasteiger charge is -2.21. The minimum Gasteiger partial charge on any atom is -0.340 e. The Balaban J connectivity index is 1.76. The maximum atomic E-state index is 12.3. The van der Waals surface area contributed by atoms with Gasteiger partial charge in [-0.1, -0.05) is 12.8 Å². The number of hydrogen-bond acceptors (Lipinski definition) is 2. The minimum atomic E-state index is -0.129. The van der Waals surface area contributed by atoms with Crippen molar-refractivity contribution in [3.63, 3.8) is 0 Å². The highest BCUT2D eigenvalue weighted by atomic mass is 16.2. The molecule has 1 saturated heterocycles. The van der Waals surface area contributed by atoms with Crippen molar-refractivity contribution in [1.82, 2.24) is 15.5 Å². The molecule has 1 saturated carbocycles. The summed E-state index contributed by atoms with van der Waals surface area (Å²) in [4.78, 5) is 25.8. The SMILES string of the molecule is CC(C)NC(=O)N[C@H]1CCN(C(=O)C2CCCC2)C1. The molecule has 1 heterocycles. The van der Waals surface area contributed by atoms with Crippen LogP contribution in [0.2, 0.25) is 0 Å². The van der Waals surface area contributed by atoms with E-state index in [2.05, 4.69) is 10.6 Å². The molecule has 19 heavy (non-hydrogen) atoms. The number of amides is 3.